The number of carbonyl (C=O) groups excluding carboxylic acids is 1. The number of ether oxygens (including phenoxy) is 1. The van der Waals surface area contributed by atoms with Gasteiger partial charge in [-0.3, -0.25) is 9.52 Å². The number of benzene rings is 1. The molecule has 0 unspecified atom stereocenters. The molecule has 0 atom stereocenters. The summed E-state index contributed by atoms with van der Waals surface area (Å²) in [5, 5.41) is 0. The van der Waals surface area contributed by atoms with Gasteiger partial charge in [-0.2, -0.15) is 0 Å². The molecule has 0 fully saturated rings. The molecule has 0 aliphatic rings. The molecule has 2 aromatic rings. The number of amides is 1. The van der Waals surface area contributed by atoms with Crippen LogP contribution in [0.4, 0.5) is 4.39 Å². The third-order valence-electron chi connectivity index (χ3n) is 5.51. The Balaban J connectivity index is 0.00000578. The zero-order valence-electron chi connectivity index (χ0n) is 21.0. The van der Waals surface area contributed by atoms with E-state index in [0.717, 1.165) is 13.1 Å². The molecule has 1 aromatic carbocycles. The number of carbonyl (C=O) groups is 1. The van der Waals surface area contributed by atoms with Crippen molar-refractivity contribution in [3.8, 4) is 17.0 Å². The van der Waals surface area contributed by atoms with E-state index in [-0.39, 0.29) is 69.5 Å². The van der Waals surface area contributed by atoms with Crippen molar-refractivity contribution >= 4 is 67.3 Å². The number of sulfonamides is 1. The Labute approximate surface area is 245 Å². The summed E-state index contributed by atoms with van der Waals surface area (Å²) in [7, 11) is -2.29. The molecule has 0 spiro atoms. The van der Waals surface area contributed by atoms with Crippen LogP contribution in [-0.4, -0.2) is 108 Å². The molecule has 1 aromatic heterocycles. The Hall–Kier alpha value is -0.884. The van der Waals surface area contributed by atoms with Gasteiger partial charge in [-0.15, -0.1) is 0 Å². The molecule has 1 radical (unpaired) electrons. The third kappa shape index (κ3) is 9.29. The van der Waals surface area contributed by atoms with Crippen molar-refractivity contribution in [1.29, 1.82) is 0 Å². The molecule has 0 saturated heterocycles. The van der Waals surface area contributed by atoms with Crippen LogP contribution in [0, 0.1) is 5.82 Å². The molecule has 0 saturated carbocycles. The van der Waals surface area contributed by atoms with Gasteiger partial charge >= 0.3 is 0 Å². The average molecular weight is 519 g/mol. The SMILES string of the molecule is CCN(CC)CCCS(=O)(=O)NC(=O)Cc1c(-c2ccnc(OC)c2)cc(F)cc1C(C)C.[K]. The minimum absolute atomic E-state index is 0. The van der Waals surface area contributed by atoms with Crippen LogP contribution in [-0.2, 0) is 21.2 Å². The van der Waals surface area contributed by atoms with Crippen LogP contribution in [0.2, 0.25) is 0 Å². The number of nitrogens with one attached hydrogen (secondary N) is 1. The van der Waals surface area contributed by atoms with Gasteiger partial charge in [-0.05, 0) is 72.4 Å². The van der Waals surface area contributed by atoms with E-state index in [1.54, 1.807) is 18.3 Å². The predicted molar refractivity (Wildman–Crippen MR) is 134 cm³/mol. The number of halogens is 1. The zero-order valence-corrected chi connectivity index (χ0v) is 25.0. The van der Waals surface area contributed by atoms with Gasteiger partial charge in [0.05, 0.1) is 19.3 Å². The second-order valence-corrected chi connectivity index (χ2v) is 10.0. The summed E-state index contributed by atoms with van der Waals surface area (Å²) >= 11 is 0. The molecule has 7 nitrogen and oxygen atoms in total. The number of nitrogens with zero attached hydrogens (tertiary/aromatic N) is 2. The van der Waals surface area contributed by atoms with E-state index in [1.165, 1.54) is 19.2 Å². The van der Waals surface area contributed by atoms with E-state index >= 15 is 0 Å². The van der Waals surface area contributed by atoms with E-state index in [4.69, 9.17) is 4.74 Å². The van der Waals surface area contributed by atoms with E-state index in [2.05, 4.69) is 14.6 Å². The number of methoxy groups -OCH3 is 1. The first-order chi connectivity index (χ1) is 15.6. The summed E-state index contributed by atoms with van der Waals surface area (Å²) in [6.07, 6.45) is 1.78. The van der Waals surface area contributed by atoms with Gasteiger partial charge in [-0.1, -0.05) is 27.7 Å². The summed E-state index contributed by atoms with van der Waals surface area (Å²) in [4.78, 5) is 19.0. The maximum absolute atomic E-state index is 14.5. The van der Waals surface area contributed by atoms with E-state index in [1.807, 2.05) is 27.7 Å². The van der Waals surface area contributed by atoms with Crippen LogP contribution < -0.4 is 9.46 Å². The Bertz CT molecular complexity index is 1060. The van der Waals surface area contributed by atoms with Gasteiger partial charge in [0.2, 0.25) is 21.8 Å². The molecular weight excluding hydrogens is 484 g/mol. The topological polar surface area (TPSA) is 88.6 Å². The average Bonchev–Trinajstić information content (AvgIpc) is 2.77. The van der Waals surface area contributed by atoms with E-state index in [9.17, 15) is 17.6 Å². The quantitative estimate of drug-likeness (QED) is 0.434. The molecule has 0 bridgehead atoms. The summed E-state index contributed by atoms with van der Waals surface area (Å²) < 4.78 is 46.7. The Kier molecular flexibility index (Phi) is 13.4. The molecule has 10 heteroatoms. The fraction of sp³-hybridized carbons (Fsp3) is 0.500. The minimum Gasteiger partial charge on any atom is -0.481 e. The predicted octanol–water partition coefficient (Wildman–Crippen LogP) is 3.36. The van der Waals surface area contributed by atoms with Crippen molar-refractivity contribution in [2.45, 2.75) is 46.5 Å². The van der Waals surface area contributed by atoms with Crippen LogP contribution in [0.25, 0.3) is 11.1 Å². The summed E-state index contributed by atoms with van der Waals surface area (Å²) in [6.45, 7) is 10.2. The van der Waals surface area contributed by atoms with Gasteiger partial charge in [0, 0.05) is 63.6 Å². The second kappa shape index (κ2) is 14.6. The minimum atomic E-state index is -3.77. The van der Waals surface area contributed by atoms with E-state index < -0.39 is 21.7 Å². The number of pyridine rings is 1. The molecule has 1 heterocycles. The molecule has 1 N–H and O–H groups in total. The van der Waals surface area contributed by atoms with Crippen molar-refractivity contribution in [3.05, 3.63) is 47.4 Å². The molecule has 34 heavy (non-hydrogen) atoms. The number of hydrogen-bond donors (Lipinski definition) is 1. The second-order valence-electron chi connectivity index (χ2n) is 8.16. The molecule has 0 aliphatic carbocycles. The Morgan fingerprint density at radius 1 is 1.21 bits per heavy atom. The van der Waals surface area contributed by atoms with Gasteiger partial charge in [0.1, 0.15) is 5.82 Å². The molecule has 0 aliphatic heterocycles. The largest absolute Gasteiger partial charge is 0.481 e. The number of hydrogen-bond acceptors (Lipinski definition) is 6. The van der Waals surface area contributed by atoms with Crippen LogP contribution in [0.5, 0.6) is 5.88 Å². The van der Waals surface area contributed by atoms with Crippen molar-refractivity contribution in [2.24, 2.45) is 0 Å². The van der Waals surface area contributed by atoms with Crippen LogP contribution in [0.15, 0.2) is 30.5 Å². The maximum atomic E-state index is 14.5. The molecular formula is C24H34FKN3O4S. The van der Waals surface area contributed by atoms with Gasteiger partial charge < -0.3 is 9.64 Å². The van der Waals surface area contributed by atoms with Crippen molar-refractivity contribution in [2.75, 3.05) is 32.5 Å². The standard InChI is InChI=1S/C24H34FN3O4S.K/c1-6-28(7-2)11-8-12-33(30,31)27-23(29)16-22-20(17(3)4)14-19(25)15-21(22)18-9-10-26-24(13-18)32-5;/h9-10,13-15,17H,6-8,11-12,16H2,1-5H3,(H,27,29);. The summed E-state index contributed by atoms with van der Waals surface area (Å²) in [5.41, 5.74) is 2.37. The normalized spacial score (nSPS) is 11.4. The molecule has 2 rings (SSSR count). The Morgan fingerprint density at radius 3 is 2.47 bits per heavy atom. The van der Waals surface area contributed by atoms with Gasteiger partial charge in [0.15, 0.2) is 0 Å². The first-order valence-electron chi connectivity index (χ1n) is 11.2. The molecule has 183 valence electrons. The number of rotatable bonds is 12. The number of aromatic nitrogens is 1. The monoisotopic (exact) mass is 518 g/mol. The summed E-state index contributed by atoms with van der Waals surface area (Å²) in [5.74, 6) is -0.929. The third-order valence-corrected chi connectivity index (χ3v) is 6.88. The van der Waals surface area contributed by atoms with Gasteiger partial charge in [0.25, 0.3) is 0 Å². The van der Waals surface area contributed by atoms with Crippen LogP contribution >= 0.6 is 0 Å². The Morgan fingerprint density at radius 2 is 1.88 bits per heavy atom. The summed E-state index contributed by atoms with van der Waals surface area (Å²) in [6, 6.07) is 6.10. The van der Waals surface area contributed by atoms with E-state index in [0.29, 0.717) is 41.1 Å². The smallest absolute Gasteiger partial charge is 0.237 e. The van der Waals surface area contributed by atoms with Crippen LogP contribution in [0.3, 0.4) is 0 Å². The van der Waals surface area contributed by atoms with Crippen molar-refractivity contribution < 1.29 is 22.3 Å². The fourth-order valence-corrected chi connectivity index (χ4v) is 4.79. The first-order valence-corrected chi connectivity index (χ1v) is 12.8. The van der Waals surface area contributed by atoms with Crippen LogP contribution in [0.1, 0.15) is 51.2 Å². The van der Waals surface area contributed by atoms with Crippen molar-refractivity contribution in [1.82, 2.24) is 14.6 Å². The fourth-order valence-electron chi connectivity index (χ4n) is 3.76. The van der Waals surface area contributed by atoms with Gasteiger partial charge in [-0.25, -0.2) is 17.8 Å². The zero-order chi connectivity index (χ0) is 24.6. The van der Waals surface area contributed by atoms with Crippen molar-refractivity contribution in [3.63, 3.8) is 0 Å². The molecule has 1 amide bonds. The maximum Gasteiger partial charge on any atom is 0.237 e. The first kappa shape index (κ1) is 31.1.